The Balaban J connectivity index is 1.50. The zero-order valence-electron chi connectivity index (χ0n) is 20.4. The van der Waals surface area contributed by atoms with E-state index >= 15 is 0 Å². The summed E-state index contributed by atoms with van der Waals surface area (Å²) < 4.78 is 27.2. The molecule has 1 aliphatic heterocycles. The molecule has 0 aliphatic carbocycles. The number of anilines is 3. The first-order chi connectivity index (χ1) is 17.9. The predicted molar refractivity (Wildman–Crippen MR) is 138 cm³/mol. The molecule has 11 heteroatoms. The summed E-state index contributed by atoms with van der Waals surface area (Å²) in [6.07, 6.45) is 5.22. The molecule has 1 saturated heterocycles. The molecule has 2 N–H and O–H groups in total. The van der Waals surface area contributed by atoms with Gasteiger partial charge in [0.1, 0.15) is 23.4 Å². The van der Waals surface area contributed by atoms with Gasteiger partial charge in [-0.15, -0.1) is 5.10 Å². The van der Waals surface area contributed by atoms with Gasteiger partial charge >= 0.3 is 0 Å². The van der Waals surface area contributed by atoms with E-state index in [1.54, 1.807) is 41.2 Å². The number of amides is 1. The minimum Gasteiger partial charge on any atom is -0.494 e. The van der Waals surface area contributed by atoms with Crippen LogP contribution in [0.15, 0.2) is 61.4 Å². The largest absolute Gasteiger partial charge is 0.494 e. The monoisotopic (exact) mass is 503 g/mol. The van der Waals surface area contributed by atoms with Crippen molar-refractivity contribution in [1.29, 1.82) is 0 Å². The van der Waals surface area contributed by atoms with Crippen LogP contribution < -0.4 is 20.1 Å². The highest BCUT2D eigenvalue weighted by atomic mass is 19.1. The standard InChI is InChI=1S/C26H26FN7O3/c1-4-25(35)30-20-11-19(22(36-3)12-23(20)37-18-8-9-33(2)15-18)31-26-29-14-24-28-13-21(34(24)32-26)16-6-5-7-17(27)10-16/h4-7,10-14,18H,1,8-9,15H2,2-3H3,(H,30,35)(H,31,32). The molecule has 190 valence electrons. The lowest BCUT2D eigenvalue weighted by atomic mass is 10.2. The Morgan fingerprint density at radius 1 is 1.19 bits per heavy atom. The maximum atomic E-state index is 13.8. The first kappa shape index (κ1) is 24.2. The maximum absolute atomic E-state index is 13.8. The maximum Gasteiger partial charge on any atom is 0.247 e. The number of rotatable bonds is 8. The highest BCUT2D eigenvalue weighted by molar-refractivity contribution is 6.00. The van der Waals surface area contributed by atoms with E-state index in [1.165, 1.54) is 25.3 Å². The minimum absolute atomic E-state index is 0.0128. The summed E-state index contributed by atoms with van der Waals surface area (Å²) in [5, 5.41) is 10.5. The molecule has 3 heterocycles. The van der Waals surface area contributed by atoms with Crippen molar-refractivity contribution in [3.8, 4) is 22.8 Å². The van der Waals surface area contributed by atoms with E-state index in [-0.39, 0.29) is 23.8 Å². The number of methoxy groups -OCH3 is 1. The van der Waals surface area contributed by atoms with Gasteiger partial charge in [0.15, 0.2) is 5.65 Å². The van der Waals surface area contributed by atoms with Crippen LogP contribution in [0.25, 0.3) is 16.9 Å². The van der Waals surface area contributed by atoms with Gasteiger partial charge in [0.25, 0.3) is 0 Å². The lowest BCUT2D eigenvalue weighted by Crippen LogP contribution is -2.22. The molecule has 0 spiro atoms. The van der Waals surface area contributed by atoms with E-state index in [9.17, 15) is 9.18 Å². The van der Waals surface area contributed by atoms with E-state index in [0.717, 1.165) is 19.5 Å². The summed E-state index contributed by atoms with van der Waals surface area (Å²) in [7, 11) is 3.58. The van der Waals surface area contributed by atoms with Crippen molar-refractivity contribution in [1.82, 2.24) is 24.5 Å². The topological polar surface area (TPSA) is 106 Å². The fraction of sp³-hybridized carbons (Fsp3) is 0.231. The third kappa shape index (κ3) is 5.21. The Labute approximate surface area is 212 Å². The smallest absolute Gasteiger partial charge is 0.247 e. The van der Waals surface area contributed by atoms with Crippen molar-refractivity contribution >= 4 is 28.9 Å². The molecular weight excluding hydrogens is 477 g/mol. The molecule has 2 aromatic carbocycles. The van der Waals surface area contributed by atoms with Crippen molar-refractivity contribution in [2.45, 2.75) is 12.5 Å². The number of likely N-dealkylation sites (tertiary alicyclic amines) is 1. The van der Waals surface area contributed by atoms with Gasteiger partial charge in [-0.2, -0.15) is 0 Å². The van der Waals surface area contributed by atoms with Gasteiger partial charge in [-0.1, -0.05) is 18.7 Å². The summed E-state index contributed by atoms with van der Waals surface area (Å²) in [4.78, 5) is 23.0. The molecule has 0 radical (unpaired) electrons. The van der Waals surface area contributed by atoms with E-state index in [1.807, 2.05) is 7.05 Å². The molecule has 4 aromatic rings. The normalized spacial score (nSPS) is 15.5. The lowest BCUT2D eigenvalue weighted by molar-refractivity contribution is -0.111. The summed E-state index contributed by atoms with van der Waals surface area (Å²) in [5.74, 6) is 0.467. The Morgan fingerprint density at radius 3 is 2.78 bits per heavy atom. The van der Waals surface area contributed by atoms with Crippen molar-refractivity contribution in [3.05, 3.63) is 67.3 Å². The third-order valence-electron chi connectivity index (χ3n) is 6.01. The van der Waals surface area contributed by atoms with E-state index < -0.39 is 0 Å². The number of benzene rings is 2. The number of ether oxygens (including phenoxy) is 2. The van der Waals surface area contributed by atoms with Crippen LogP contribution in [-0.4, -0.2) is 63.7 Å². The highest BCUT2D eigenvalue weighted by Gasteiger charge is 2.24. The van der Waals surface area contributed by atoms with Crippen LogP contribution in [0, 0.1) is 5.82 Å². The Kier molecular flexibility index (Phi) is 6.69. The number of likely N-dealkylation sites (N-methyl/N-ethyl adjacent to an activating group) is 1. The van der Waals surface area contributed by atoms with Crippen LogP contribution >= 0.6 is 0 Å². The average molecular weight is 504 g/mol. The van der Waals surface area contributed by atoms with Crippen molar-refractivity contribution in [2.75, 3.05) is 37.9 Å². The van der Waals surface area contributed by atoms with Gasteiger partial charge in [0, 0.05) is 24.7 Å². The SMILES string of the molecule is C=CC(=O)Nc1cc(Nc2ncc3ncc(-c4cccc(F)c4)n3n2)c(OC)cc1OC1CCN(C)C1. The van der Waals surface area contributed by atoms with Crippen LogP contribution in [0.2, 0.25) is 0 Å². The van der Waals surface area contributed by atoms with Gasteiger partial charge in [0.05, 0.1) is 36.6 Å². The molecule has 0 saturated carbocycles. The zero-order valence-corrected chi connectivity index (χ0v) is 20.4. The van der Waals surface area contributed by atoms with Crippen LogP contribution in [0.5, 0.6) is 11.5 Å². The lowest BCUT2D eigenvalue weighted by Gasteiger charge is -2.20. The van der Waals surface area contributed by atoms with Gasteiger partial charge in [-0.3, -0.25) is 4.79 Å². The number of nitrogens with one attached hydrogen (secondary N) is 2. The first-order valence-corrected chi connectivity index (χ1v) is 11.7. The molecule has 5 rings (SSSR count). The Morgan fingerprint density at radius 2 is 2.05 bits per heavy atom. The molecule has 37 heavy (non-hydrogen) atoms. The van der Waals surface area contributed by atoms with E-state index in [0.29, 0.717) is 39.8 Å². The number of imidazole rings is 1. The van der Waals surface area contributed by atoms with Crippen LogP contribution in [0.1, 0.15) is 6.42 Å². The Hall–Kier alpha value is -4.51. The Bertz CT molecular complexity index is 1470. The molecule has 1 unspecified atom stereocenters. The van der Waals surface area contributed by atoms with Gasteiger partial charge < -0.3 is 25.0 Å². The van der Waals surface area contributed by atoms with E-state index in [2.05, 4.69) is 37.2 Å². The summed E-state index contributed by atoms with van der Waals surface area (Å²) in [6, 6.07) is 9.61. The molecule has 2 aromatic heterocycles. The molecule has 1 aliphatic rings. The predicted octanol–water partition coefficient (Wildman–Crippen LogP) is 3.89. The zero-order chi connectivity index (χ0) is 25.9. The van der Waals surface area contributed by atoms with Crippen molar-refractivity contribution in [3.63, 3.8) is 0 Å². The van der Waals surface area contributed by atoms with Crippen molar-refractivity contribution < 1.29 is 18.7 Å². The number of hydrogen-bond acceptors (Lipinski definition) is 8. The molecular formula is C26H26FN7O3. The number of aromatic nitrogens is 4. The quantitative estimate of drug-likeness (QED) is 0.349. The van der Waals surface area contributed by atoms with Gasteiger partial charge in [-0.05, 0) is 37.7 Å². The van der Waals surface area contributed by atoms with Gasteiger partial charge in [0.2, 0.25) is 11.9 Å². The third-order valence-corrected chi connectivity index (χ3v) is 6.01. The minimum atomic E-state index is -0.375. The highest BCUT2D eigenvalue weighted by Crippen LogP contribution is 2.38. The fourth-order valence-corrected chi connectivity index (χ4v) is 4.19. The second kappa shape index (κ2) is 10.2. The van der Waals surface area contributed by atoms with Crippen LogP contribution in [0.4, 0.5) is 21.7 Å². The van der Waals surface area contributed by atoms with Crippen LogP contribution in [0.3, 0.4) is 0 Å². The number of hydrogen-bond donors (Lipinski definition) is 2. The number of carbonyl (C=O) groups excluding carboxylic acids is 1. The second-order valence-corrected chi connectivity index (χ2v) is 8.66. The molecule has 1 atom stereocenters. The molecule has 0 bridgehead atoms. The molecule has 10 nitrogen and oxygen atoms in total. The average Bonchev–Trinajstić information content (AvgIpc) is 3.50. The fourth-order valence-electron chi connectivity index (χ4n) is 4.19. The van der Waals surface area contributed by atoms with Crippen molar-refractivity contribution in [2.24, 2.45) is 0 Å². The summed E-state index contributed by atoms with van der Waals surface area (Å²) in [6.45, 7) is 5.25. The van der Waals surface area contributed by atoms with E-state index in [4.69, 9.17) is 9.47 Å². The molecule has 1 amide bonds. The number of carbonyl (C=O) groups is 1. The number of nitrogens with zero attached hydrogens (tertiary/aromatic N) is 5. The molecule has 1 fully saturated rings. The number of fused-ring (bicyclic) bond motifs is 1. The summed E-state index contributed by atoms with van der Waals surface area (Å²) in [5.41, 5.74) is 2.69. The van der Waals surface area contributed by atoms with Crippen LogP contribution in [-0.2, 0) is 4.79 Å². The second-order valence-electron chi connectivity index (χ2n) is 8.66. The first-order valence-electron chi connectivity index (χ1n) is 11.7. The van der Waals surface area contributed by atoms with Gasteiger partial charge in [-0.25, -0.2) is 18.9 Å². The number of halogens is 1. The summed E-state index contributed by atoms with van der Waals surface area (Å²) >= 11 is 0.